The van der Waals surface area contributed by atoms with Crippen molar-refractivity contribution < 1.29 is 17.9 Å². The maximum atomic E-state index is 12.9. The van der Waals surface area contributed by atoms with Gasteiger partial charge in [0.2, 0.25) is 0 Å². The van der Waals surface area contributed by atoms with Crippen LogP contribution in [-0.4, -0.2) is 31.7 Å². The summed E-state index contributed by atoms with van der Waals surface area (Å²) in [6, 6.07) is 6.65. The lowest BCUT2D eigenvalue weighted by atomic mass is 10.1. The Labute approximate surface area is 159 Å². The molecule has 1 aliphatic heterocycles. The standard InChI is InChI=1S/C16H9F3N6O2S/c17-16(18,19)27-7-3-4-10-9(6-7)11(23-24-15(20)28)13-22-12-8(2-1-5-21-12)14(26)25(10)13/h1-6H,(H3,20,24,28)/b23-11+. The highest BCUT2D eigenvalue weighted by Crippen LogP contribution is 2.32. The maximum absolute atomic E-state index is 12.9. The second-order valence-corrected chi connectivity index (χ2v) is 6.05. The molecule has 0 atom stereocenters. The number of hydrogen-bond donors (Lipinski definition) is 2. The summed E-state index contributed by atoms with van der Waals surface area (Å²) in [6.07, 6.45) is -3.41. The van der Waals surface area contributed by atoms with E-state index in [9.17, 15) is 18.0 Å². The van der Waals surface area contributed by atoms with Crippen LogP contribution in [0.4, 0.5) is 13.2 Å². The van der Waals surface area contributed by atoms with Gasteiger partial charge in [0.15, 0.2) is 16.6 Å². The van der Waals surface area contributed by atoms with Crippen LogP contribution in [0.2, 0.25) is 0 Å². The number of pyridine rings is 1. The average Bonchev–Trinajstić information content (AvgIpc) is 2.91. The second-order valence-electron chi connectivity index (χ2n) is 5.61. The lowest BCUT2D eigenvalue weighted by molar-refractivity contribution is -0.274. The van der Waals surface area contributed by atoms with Gasteiger partial charge in [-0.1, -0.05) is 0 Å². The van der Waals surface area contributed by atoms with E-state index in [0.29, 0.717) is 0 Å². The molecule has 0 radical (unpaired) electrons. The minimum Gasteiger partial charge on any atom is -0.406 e. The molecule has 12 heteroatoms. The van der Waals surface area contributed by atoms with Gasteiger partial charge in [-0.3, -0.25) is 14.8 Å². The molecule has 3 aromatic rings. The molecule has 142 valence electrons. The Morgan fingerprint density at radius 2 is 2.11 bits per heavy atom. The molecule has 1 aliphatic rings. The van der Waals surface area contributed by atoms with Crippen molar-refractivity contribution in [3.8, 4) is 11.4 Å². The number of nitrogens with zero attached hydrogens (tertiary/aromatic N) is 4. The van der Waals surface area contributed by atoms with Gasteiger partial charge in [-0.15, -0.1) is 13.2 Å². The van der Waals surface area contributed by atoms with Crippen molar-refractivity contribution in [2.24, 2.45) is 10.8 Å². The molecule has 8 nitrogen and oxygen atoms in total. The van der Waals surface area contributed by atoms with Crippen LogP contribution in [-0.2, 0) is 0 Å². The molecular formula is C16H9F3N6O2S. The molecule has 0 aliphatic carbocycles. The van der Waals surface area contributed by atoms with Crippen LogP contribution < -0.4 is 21.5 Å². The molecule has 3 heterocycles. The number of ether oxygens (including phenoxy) is 1. The number of nitrogens with two attached hydrogens (primary N) is 1. The number of fused-ring (bicyclic) bond motifs is 4. The quantitative estimate of drug-likeness (QED) is 0.384. The zero-order chi connectivity index (χ0) is 20.1. The second kappa shape index (κ2) is 6.27. The van der Waals surface area contributed by atoms with Gasteiger partial charge in [-0.25, -0.2) is 9.97 Å². The molecule has 4 rings (SSSR count). The Hall–Kier alpha value is -3.54. The zero-order valence-electron chi connectivity index (χ0n) is 13.7. The molecule has 28 heavy (non-hydrogen) atoms. The molecule has 0 spiro atoms. The van der Waals surface area contributed by atoms with Crippen LogP contribution in [0.15, 0.2) is 46.4 Å². The van der Waals surface area contributed by atoms with Gasteiger partial charge < -0.3 is 10.5 Å². The number of halogens is 3. The molecule has 3 N–H and O–H groups in total. The maximum Gasteiger partial charge on any atom is 0.573 e. The van der Waals surface area contributed by atoms with E-state index < -0.39 is 17.7 Å². The fraction of sp³-hybridized carbons (Fsp3) is 0.0625. The van der Waals surface area contributed by atoms with E-state index in [-0.39, 0.29) is 38.9 Å². The van der Waals surface area contributed by atoms with Crippen molar-refractivity contribution in [3.63, 3.8) is 0 Å². The van der Waals surface area contributed by atoms with Crippen LogP contribution in [0.1, 0.15) is 11.4 Å². The lowest BCUT2D eigenvalue weighted by Gasteiger charge is -2.10. The normalized spacial score (nSPS) is 14.0. The third-order valence-electron chi connectivity index (χ3n) is 3.83. The Morgan fingerprint density at radius 1 is 1.32 bits per heavy atom. The first-order chi connectivity index (χ1) is 13.2. The van der Waals surface area contributed by atoms with E-state index in [1.54, 1.807) is 12.1 Å². The summed E-state index contributed by atoms with van der Waals surface area (Å²) in [5, 5.41) is 4.08. The predicted molar refractivity (Wildman–Crippen MR) is 97.4 cm³/mol. The molecule has 2 aromatic heterocycles. The van der Waals surface area contributed by atoms with Crippen molar-refractivity contribution in [2.75, 3.05) is 0 Å². The highest BCUT2D eigenvalue weighted by Gasteiger charge is 2.34. The smallest absolute Gasteiger partial charge is 0.406 e. The minimum atomic E-state index is -4.87. The van der Waals surface area contributed by atoms with Gasteiger partial charge in [0.1, 0.15) is 11.5 Å². The first-order valence-corrected chi connectivity index (χ1v) is 8.07. The molecule has 0 saturated heterocycles. The Balaban J connectivity index is 1.98. The van der Waals surface area contributed by atoms with Gasteiger partial charge in [0.05, 0.1) is 11.1 Å². The lowest BCUT2D eigenvalue weighted by Crippen LogP contribution is -2.27. The first-order valence-electron chi connectivity index (χ1n) is 7.66. The van der Waals surface area contributed by atoms with Gasteiger partial charge in [-0.05, 0) is 42.5 Å². The number of hydrazone groups is 1. The van der Waals surface area contributed by atoms with Gasteiger partial charge in [0, 0.05) is 11.8 Å². The van der Waals surface area contributed by atoms with Crippen LogP contribution in [0, 0.1) is 0 Å². The van der Waals surface area contributed by atoms with Crippen LogP contribution in [0.25, 0.3) is 16.7 Å². The molecule has 0 unspecified atom stereocenters. The number of aromatic nitrogens is 3. The summed E-state index contributed by atoms with van der Waals surface area (Å²) >= 11 is 4.71. The molecule has 0 amide bonds. The topological polar surface area (TPSA) is 107 Å². The summed E-state index contributed by atoms with van der Waals surface area (Å²) < 4.78 is 43.0. The monoisotopic (exact) mass is 406 g/mol. The minimum absolute atomic E-state index is 0.0695. The number of rotatable bonds is 2. The first kappa shape index (κ1) is 17.9. The van der Waals surface area contributed by atoms with Crippen molar-refractivity contribution >= 4 is 34.1 Å². The van der Waals surface area contributed by atoms with Crippen molar-refractivity contribution in [2.45, 2.75) is 6.36 Å². The predicted octanol–water partition coefficient (Wildman–Crippen LogP) is 1.58. The summed E-state index contributed by atoms with van der Waals surface area (Å²) in [5.74, 6) is -0.392. The number of thiocarbonyl (C=S) groups is 1. The molecular weight excluding hydrogens is 397 g/mol. The van der Waals surface area contributed by atoms with E-state index in [0.717, 1.165) is 12.1 Å². The van der Waals surface area contributed by atoms with Gasteiger partial charge in [0.25, 0.3) is 5.56 Å². The van der Waals surface area contributed by atoms with Crippen molar-refractivity contribution in [3.05, 3.63) is 58.3 Å². The third-order valence-corrected chi connectivity index (χ3v) is 3.92. The van der Waals surface area contributed by atoms with E-state index in [2.05, 4.69) is 25.2 Å². The summed E-state index contributed by atoms with van der Waals surface area (Å²) in [6.45, 7) is 0. The van der Waals surface area contributed by atoms with Gasteiger partial charge in [-0.2, -0.15) is 5.10 Å². The number of hydrogen-bond acceptors (Lipinski definition) is 6. The van der Waals surface area contributed by atoms with E-state index in [1.165, 1.54) is 16.8 Å². The summed E-state index contributed by atoms with van der Waals surface area (Å²) in [4.78, 5) is 21.3. The SMILES string of the molecule is NC(=S)N/N=C1\c2cc(OC(F)(F)F)ccc2-n2c1nc1ncccc1c2=O. The molecule has 0 fully saturated rings. The van der Waals surface area contributed by atoms with E-state index in [1.807, 2.05) is 0 Å². The van der Waals surface area contributed by atoms with Crippen LogP contribution >= 0.6 is 12.2 Å². The highest BCUT2D eigenvalue weighted by atomic mass is 32.1. The number of alkyl halides is 3. The Kier molecular flexibility index (Phi) is 4.00. The highest BCUT2D eigenvalue weighted by molar-refractivity contribution is 7.80. The average molecular weight is 406 g/mol. The van der Waals surface area contributed by atoms with Crippen molar-refractivity contribution in [1.82, 2.24) is 20.0 Å². The number of benzene rings is 1. The Bertz CT molecular complexity index is 1220. The van der Waals surface area contributed by atoms with E-state index in [4.69, 9.17) is 18.0 Å². The Morgan fingerprint density at radius 3 is 2.82 bits per heavy atom. The summed E-state index contributed by atoms with van der Waals surface area (Å²) in [5.41, 5.74) is 8.01. The summed E-state index contributed by atoms with van der Waals surface area (Å²) in [7, 11) is 0. The molecule has 0 saturated carbocycles. The van der Waals surface area contributed by atoms with Gasteiger partial charge >= 0.3 is 6.36 Å². The van der Waals surface area contributed by atoms with Crippen LogP contribution in [0.3, 0.4) is 0 Å². The van der Waals surface area contributed by atoms with E-state index >= 15 is 0 Å². The van der Waals surface area contributed by atoms with Crippen molar-refractivity contribution in [1.29, 1.82) is 0 Å². The molecule has 0 bridgehead atoms. The molecule has 1 aromatic carbocycles. The number of nitrogens with one attached hydrogen (secondary N) is 1. The van der Waals surface area contributed by atoms with Crippen LogP contribution in [0.5, 0.6) is 5.75 Å². The zero-order valence-corrected chi connectivity index (χ0v) is 14.5. The fourth-order valence-electron chi connectivity index (χ4n) is 2.84. The largest absolute Gasteiger partial charge is 0.573 e. The third kappa shape index (κ3) is 3.03. The fourth-order valence-corrected chi connectivity index (χ4v) is 2.89.